The van der Waals surface area contributed by atoms with Gasteiger partial charge in [0.15, 0.2) is 0 Å². The number of nitrogens with one attached hydrogen (secondary N) is 1. The van der Waals surface area contributed by atoms with Gasteiger partial charge < -0.3 is 15.1 Å². The number of hydrogen-bond donors (Lipinski definition) is 1. The molecule has 1 fully saturated rings. The Bertz CT molecular complexity index is 220. The molecule has 0 bridgehead atoms. The third-order valence-electron chi connectivity index (χ3n) is 4.38. The van der Waals surface area contributed by atoms with Crippen LogP contribution in [0.4, 0.5) is 0 Å². The first kappa shape index (κ1) is 15.9. The third-order valence-corrected chi connectivity index (χ3v) is 4.38. The van der Waals surface area contributed by atoms with Crippen molar-refractivity contribution in [3.05, 3.63) is 0 Å². The van der Waals surface area contributed by atoms with E-state index in [0.717, 1.165) is 19.1 Å². The summed E-state index contributed by atoms with van der Waals surface area (Å²) >= 11 is 0. The summed E-state index contributed by atoms with van der Waals surface area (Å²) in [6, 6.07) is 0.828. The Kier molecular flexibility index (Phi) is 6.61. The van der Waals surface area contributed by atoms with Crippen LogP contribution in [0.2, 0.25) is 0 Å². The van der Waals surface area contributed by atoms with Gasteiger partial charge >= 0.3 is 0 Å². The predicted octanol–water partition coefficient (Wildman–Crippen LogP) is 2.04. The fourth-order valence-corrected chi connectivity index (χ4v) is 2.45. The van der Waals surface area contributed by atoms with Gasteiger partial charge in [0.05, 0.1) is 0 Å². The van der Waals surface area contributed by atoms with Gasteiger partial charge in [0.25, 0.3) is 0 Å². The van der Waals surface area contributed by atoms with Crippen molar-refractivity contribution >= 4 is 0 Å². The molecule has 3 nitrogen and oxygen atoms in total. The lowest BCUT2D eigenvalue weighted by atomic mass is 9.81. The van der Waals surface area contributed by atoms with Gasteiger partial charge in [-0.2, -0.15) is 0 Å². The van der Waals surface area contributed by atoms with E-state index >= 15 is 0 Å². The molecule has 0 aromatic rings. The molecule has 18 heavy (non-hydrogen) atoms. The van der Waals surface area contributed by atoms with Crippen LogP contribution >= 0.6 is 0 Å². The Labute approximate surface area is 114 Å². The molecule has 3 heteroatoms. The molecule has 0 radical (unpaired) electrons. The second-order valence-corrected chi connectivity index (χ2v) is 6.40. The quantitative estimate of drug-likeness (QED) is 0.644. The molecule has 1 rings (SSSR count). The maximum atomic E-state index is 3.73. The highest BCUT2D eigenvalue weighted by atomic mass is 15.2. The maximum absolute atomic E-state index is 3.73. The van der Waals surface area contributed by atoms with Crippen LogP contribution in [0.25, 0.3) is 0 Å². The largest absolute Gasteiger partial charge is 0.313 e. The van der Waals surface area contributed by atoms with Crippen molar-refractivity contribution in [3.8, 4) is 0 Å². The molecule has 1 aliphatic carbocycles. The van der Waals surface area contributed by atoms with Crippen LogP contribution in [0.5, 0.6) is 0 Å². The minimum absolute atomic E-state index is 0.462. The number of nitrogens with zero attached hydrogens (tertiary/aromatic N) is 2. The summed E-state index contributed by atoms with van der Waals surface area (Å²) in [4.78, 5) is 4.76. The molecule has 0 unspecified atom stereocenters. The van der Waals surface area contributed by atoms with E-state index in [-0.39, 0.29) is 0 Å². The van der Waals surface area contributed by atoms with Crippen molar-refractivity contribution in [1.29, 1.82) is 0 Å². The van der Waals surface area contributed by atoms with Crippen LogP contribution in [0.15, 0.2) is 0 Å². The minimum atomic E-state index is 0.462. The fraction of sp³-hybridized carbons (Fsp3) is 1.00. The first-order chi connectivity index (χ1) is 8.51. The van der Waals surface area contributed by atoms with Gasteiger partial charge in [-0.3, -0.25) is 0 Å². The number of likely N-dealkylation sites (N-methyl/N-ethyl adjacent to an activating group) is 2. The maximum Gasteiger partial charge on any atom is 0.0106 e. The molecule has 0 aliphatic heterocycles. The molecule has 0 spiro atoms. The molecule has 0 heterocycles. The van der Waals surface area contributed by atoms with Gasteiger partial charge in [-0.25, -0.2) is 0 Å². The van der Waals surface area contributed by atoms with Crippen LogP contribution < -0.4 is 5.32 Å². The van der Waals surface area contributed by atoms with E-state index in [2.05, 4.69) is 50.1 Å². The van der Waals surface area contributed by atoms with Crippen molar-refractivity contribution < 1.29 is 0 Å². The normalized spacial score (nSPS) is 16.8. The van der Waals surface area contributed by atoms with Crippen LogP contribution in [0.1, 0.15) is 39.5 Å². The SMILES string of the molecule is CCC(CC)(CNC1CC1)CN(C)CCN(C)C. The molecule has 0 aromatic carbocycles. The van der Waals surface area contributed by atoms with E-state index < -0.39 is 0 Å². The third kappa shape index (κ3) is 5.68. The molecule has 1 saturated carbocycles. The van der Waals surface area contributed by atoms with E-state index in [9.17, 15) is 0 Å². The Morgan fingerprint density at radius 1 is 1.06 bits per heavy atom. The fourth-order valence-electron chi connectivity index (χ4n) is 2.45. The Balaban J connectivity index is 2.37. The van der Waals surface area contributed by atoms with Crippen molar-refractivity contribution in [2.45, 2.75) is 45.6 Å². The molecule has 1 N–H and O–H groups in total. The highest BCUT2D eigenvalue weighted by Crippen LogP contribution is 2.28. The van der Waals surface area contributed by atoms with Gasteiger partial charge in [0.2, 0.25) is 0 Å². The molecular formula is C15H33N3. The van der Waals surface area contributed by atoms with Crippen molar-refractivity contribution in [3.63, 3.8) is 0 Å². The summed E-state index contributed by atoms with van der Waals surface area (Å²) in [5.74, 6) is 0. The number of hydrogen-bond acceptors (Lipinski definition) is 3. The standard InChI is InChI=1S/C15H33N3/c1-6-15(7-2,12-16-14-8-9-14)13-18(5)11-10-17(3)4/h14,16H,6-13H2,1-5H3. The summed E-state index contributed by atoms with van der Waals surface area (Å²) in [5.41, 5.74) is 0.462. The van der Waals surface area contributed by atoms with Crippen LogP contribution in [0, 0.1) is 5.41 Å². The van der Waals surface area contributed by atoms with E-state index in [1.807, 2.05) is 0 Å². The molecule has 0 saturated heterocycles. The predicted molar refractivity (Wildman–Crippen MR) is 80.1 cm³/mol. The first-order valence-corrected chi connectivity index (χ1v) is 7.58. The minimum Gasteiger partial charge on any atom is -0.313 e. The summed E-state index contributed by atoms with van der Waals surface area (Å²) in [5, 5.41) is 3.73. The molecule has 0 aromatic heterocycles. The summed E-state index contributed by atoms with van der Waals surface area (Å²) < 4.78 is 0. The zero-order valence-electron chi connectivity index (χ0n) is 13.1. The van der Waals surface area contributed by atoms with Gasteiger partial charge in [0.1, 0.15) is 0 Å². The first-order valence-electron chi connectivity index (χ1n) is 7.58. The highest BCUT2D eigenvalue weighted by molar-refractivity contribution is 4.88. The highest BCUT2D eigenvalue weighted by Gasteiger charge is 2.30. The van der Waals surface area contributed by atoms with Crippen LogP contribution in [-0.4, -0.2) is 63.2 Å². The zero-order valence-corrected chi connectivity index (χ0v) is 13.1. The van der Waals surface area contributed by atoms with Gasteiger partial charge in [-0.05, 0) is 52.2 Å². The second kappa shape index (κ2) is 7.46. The average molecular weight is 255 g/mol. The number of rotatable bonds is 10. The Morgan fingerprint density at radius 2 is 1.67 bits per heavy atom. The van der Waals surface area contributed by atoms with E-state index in [1.165, 1.54) is 38.8 Å². The molecule has 0 atom stereocenters. The average Bonchev–Trinajstić information content (AvgIpc) is 3.16. The molecule has 1 aliphatic rings. The van der Waals surface area contributed by atoms with Crippen LogP contribution in [-0.2, 0) is 0 Å². The van der Waals surface area contributed by atoms with Crippen molar-refractivity contribution in [2.75, 3.05) is 47.3 Å². The van der Waals surface area contributed by atoms with Crippen LogP contribution in [0.3, 0.4) is 0 Å². The second-order valence-electron chi connectivity index (χ2n) is 6.40. The summed E-state index contributed by atoms with van der Waals surface area (Å²) in [6.07, 6.45) is 5.32. The summed E-state index contributed by atoms with van der Waals surface area (Å²) in [6.45, 7) is 9.41. The molecular weight excluding hydrogens is 222 g/mol. The van der Waals surface area contributed by atoms with E-state index in [4.69, 9.17) is 0 Å². The molecule has 0 amide bonds. The molecule has 108 valence electrons. The lowest BCUT2D eigenvalue weighted by Gasteiger charge is -2.36. The van der Waals surface area contributed by atoms with Crippen molar-refractivity contribution in [1.82, 2.24) is 15.1 Å². The zero-order chi connectivity index (χ0) is 13.6. The van der Waals surface area contributed by atoms with Crippen molar-refractivity contribution in [2.24, 2.45) is 5.41 Å². The van der Waals surface area contributed by atoms with Gasteiger partial charge in [-0.15, -0.1) is 0 Å². The van der Waals surface area contributed by atoms with Gasteiger partial charge in [-0.1, -0.05) is 13.8 Å². The smallest absolute Gasteiger partial charge is 0.0106 e. The lowest BCUT2D eigenvalue weighted by Crippen LogP contribution is -2.44. The summed E-state index contributed by atoms with van der Waals surface area (Å²) in [7, 11) is 6.56. The topological polar surface area (TPSA) is 18.5 Å². The van der Waals surface area contributed by atoms with Gasteiger partial charge in [0, 0.05) is 32.2 Å². The van der Waals surface area contributed by atoms with E-state index in [1.54, 1.807) is 0 Å². The monoisotopic (exact) mass is 255 g/mol. The Hall–Kier alpha value is -0.120. The van der Waals surface area contributed by atoms with E-state index in [0.29, 0.717) is 5.41 Å². The Morgan fingerprint density at radius 3 is 2.11 bits per heavy atom. The lowest BCUT2D eigenvalue weighted by molar-refractivity contribution is 0.147.